The van der Waals surface area contributed by atoms with Crippen LogP contribution < -0.4 is 10.6 Å². The Morgan fingerprint density at radius 3 is 2.42 bits per heavy atom. The lowest BCUT2D eigenvalue weighted by atomic mass is 10.1. The minimum absolute atomic E-state index is 0.483. The smallest absolute Gasteiger partial charge is 0.191 e. The minimum Gasteiger partial charge on any atom is -0.380 e. The minimum atomic E-state index is 0.483. The molecule has 24 heavy (non-hydrogen) atoms. The first kappa shape index (κ1) is 21.2. The zero-order chi connectivity index (χ0) is 17.8. The molecule has 1 unspecified atom stereocenters. The predicted molar refractivity (Wildman–Crippen MR) is 103 cm³/mol. The van der Waals surface area contributed by atoms with Crippen LogP contribution in [0.15, 0.2) is 4.99 Å². The van der Waals surface area contributed by atoms with Crippen molar-refractivity contribution in [3.8, 4) is 0 Å². The first-order valence-corrected chi connectivity index (χ1v) is 9.55. The van der Waals surface area contributed by atoms with Crippen molar-refractivity contribution in [1.29, 1.82) is 0 Å². The van der Waals surface area contributed by atoms with Gasteiger partial charge < -0.3 is 20.3 Å². The van der Waals surface area contributed by atoms with E-state index in [2.05, 4.69) is 55.2 Å². The third kappa shape index (κ3) is 9.45. The second kappa shape index (κ2) is 12.5. The molecule has 142 valence electrons. The number of aliphatic imine (C=N–C) groups is 1. The summed E-state index contributed by atoms with van der Waals surface area (Å²) in [6, 6.07) is 0.483. The summed E-state index contributed by atoms with van der Waals surface area (Å²) in [6.45, 7) is 17.5. The van der Waals surface area contributed by atoms with Gasteiger partial charge in [-0.3, -0.25) is 9.89 Å². The van der Waals surface area contributed by atoms with Crippen LogP contribution in [-0.2, 0) is 4.74 Å². The zero-order valence-corrected chi connectivity index (χ0v) is 16.5. The van der Waals surface area contributed by atoms with Gasteiger partial charge in [0.05, 0.1) is 13.2 Å². The van der Waals surface area contributed by atoms with Crippen molar-refractivity contribution in [2.75, 3.05) is 66.1 Å². The van der Waals surface area contributed by atoms with Gasteiger partial charge in [0.15, 0.2) is 5.96 Å². The number of nitrogens with one attached hydrogen (secondary N) is 2. The number of guanidine groups is 1. The molecule has 0 saturated carbocycles. The molecular weight excluding hydrogens is 302 g/mol. The van der Waals surface area contributed by atoms with Crippen LogP contribution in [0.2, 0.25) is 0 Å². The molecule has 1 aliphatic rings. The van der Waals surface area contributed by atoms with Gasteiger partial charge in [0.2, 0.25) is 0 Å². The molecule has 0 aromatic carbocycles. The molecule has 0 spiro atoms. The maximum Gasteiger partial charge on any atom is 0.191 e. The van der Waals surface area contributed by atoms with Crippen LogP contribution in [0.5, 0.6) is 0 Å². The third-order valence-electron chi connectivity index (χ3n) is 4.40. The van der Waals surface area contributed by atoms with E-state index in [1.807, 2.05) is 0 Å². The number of ether oxygens (including phenoxy) is 1. The number of piperazine rings is 1. The van der Waals surface area contributed by atoms with Crippen molar-refractivity contribution in [2.24, 2.45) is 10.9 Å². The van der Waals surface area contributed by atoms with Crippen LogP contribution in [0.4, 0.5) is 0 Å². The molecule has 1 atom stereocenters. The highest BCUT2D eigenvalue weighted by molar-refractivity contribution is 5.79. The molecule has 0 aromatic heterocycles. The SMILES string of the molecule is CCNC(=NCC(C)N1CCN(C)CC1)NCCOCCC(C)C. The summed E-state index contributed by atoms with van der Waals surface area (Å²) >= 11 is 0. The van der Waals surface area contributed by atoms with Crippen LogP contribution in [0, 0.1) is 5.92 Å². The molecule has 0 aliphatic carbocycles. The Hall–Kier alpha value is -0.850. The highest BCUT2D eigenvalue weighted by atomic mass is 16.5. The summed E-state index contributed by atoms with van der Waals surface area (Å²) in [5.41, 5.74) is 0. The summed E-state index contributed by atoms with van der Waals surface area (Å²) < 4.78 is 5.65. The Kier molecular flexibility index (Phi) is 11.0. The summed E-state index contributed by atoms with van der Waals surface area (Å²) in [5, 5.41) is 6.67. The Labute approximate surface area is 149 Å². The van der Waals surface area contributed by atoms with Crippen molar-refractivity contribution in [2.45, 2.75) is 40.2 Å². The third-order valence-corrected chi connectivity index (χ3v) is 4.40. The van der Waals surface area contributed by atoms with Crippen molar-refractivity contribution >= 4 is 5.96 Å². The van der Waals surface area contributed by atoms with E-state index in [4.69, 9.17) is 9.73 Å². The fraction of sp³-hybridized carbons (Fsp3) is 0.944. The molecular formula is C18H39N5O. The predicted octanol–water partition coefficient (Wildman–Crippen LogP) is 1.24. The quantitative estimate of drug-likeness (QED) is 0.356. The molecule has 1 rings (SSSR count). The maximum absolute atomic E-state index is 5.65. The Morgan fingerprint density at radius 2 is 1.79 bits per heavy atom. The Bertz CT molecular complexity index is 340. The van der Waals surface area contributed by atoms with E-state index >= 15 is 0 Å². The molecule has 0 bridgehead atoms. The molecule has 0 aromatic rings. The zero-order valence-electron chi connectivity index (χ0n) is 16.5. The molecule has 6 heteroatoms. The van der Waals surface area contributed by atoms with E-state index in [0.717, 1.165) is 71.4 Å². The normalized spacial score (nSPS) is 18.8. The summed E-state index contributed by atoms with van der Waals surface area (Å²) in [7, 11) is 2.19. The van der Waals surface area contributed by atoms with Gasteiger partial charge in [0.1, 0.15) is 0 Å². The molecule has 2 N–H and O–H groups in total. The van der Waals surface area contributed by atoms with E-state index in [-0.39, 0.29) is 0 Å². The molecule has 1 fully saturated rings. The van der Waals surface area contributed by atoms with Gasteiger partial charge in [-0.05, 0) is 33.2 Å². The number of hydrogen-bond donors (Lipinski definition) is 2. The van der Waals surface area contributed by atoms with Crippen molar-refractivity contribution in [3.05, 3.63) is 0 Å². The Balaban J connectivity index is 2.25. The first-order chi connectivity index (χ1) is 11.5. The maximum atomic E-state index is 5.65. The van der Waals surface area contributed by atoms with E-state index in [1.165, 1.54) is 0 Å². The average Bonchev–Trinajstić information content (AvgIpc) is 2.55. The first-order valence-electron chi connectivity index (χ1n) is 9.55. The summed E-state index contributed by atoms with van der Waals surface area (Å²) in [5.74, 6) is 1.60. The van der Waals surface area contributed by atoms with Gasteiger partial charge in [-0.25, -0.2) is 0 Å². The van der Waals surface area contributed by atoms with Gasteiger partial charge >= 0.3 is 0 Å². The molecule has 0 amide bonds. The molecule has 1 saturated heterocycles. The summed E-state index contributed by atoms with van der Waals surface area (Å²) in [4.78, 5) is 9.65. The van der Waals surface area contributed by atoms with Gasteiger partial charge in [0.25, 0.3) is 0 Å². The van der Waals surface area contributed by atoms with Gasteiger partial charge in [-0.15, -0.1) is 0 Å². The van der Waals surface area contributed by atoms with E-state index in [9.17, 15) is 0 Å². The molecule has 0 radical (unpaired) electrons. The lowest BCUT2D eigenvalue weighted by Crippen LogP contribution is -2.49. The van der Waals surface area contributed by atoms with Gasteiger partial charge in [-0.1, -0.05) is 13.8 Å². The highest BCUT2D eigenvalue weighted by Gasteiger charge is 2.18. The van der Waals surface area contributed by atoms with E-state index in [1.54, 1.807) is 0 Å². The molecule has 1 heterocycles. The highest BCUT2D eigenvalue weighted by Crippen LogP contribution is 2.05. The number of likely N-dealkylation sites (N-methyl/N-ethyl adjacent to an activating group) is 1. The van der Waals surface area contributed by atoms with Crippen LogP contribution >= 0.6 is 0 Å². The van der Waals surface area contributed by atoms with Crippen molar-refractivity contribution in [3.63, 3.8) is 0 Å². The fourth-order valence-electron chi connectivity index (χ4n) is 2.61. The number of hydrogen-bond acceptors (Lipinski definition) is 4. The van der Waals surface area contributed by atoms with E-state index < -0.39 is 0 Å². The van der Waals surface area contributed by atoms with Crippen molar-refractivity contribution in [1.82, 2.24) is 20.4 Å². The molecule has 1 aliphatic heterocycles. The average molecular weight is 342 g/mol. The second-order valence-corrected chi connectivity index (χ2v) is 7.13. The summed E-state index contributed by atoms with van der Waals surface area (Å²) in [6.07, 6.45) is 1.12. The van der Waals surface area contributed by atoms with Crippen molar-refractivity contribution < 1.29 is 4.74 Å². The number of nitrogens with zero attached hydrogens (tertiary/aromatic N) is 3. The van der Waals surface area contributed by atoms with Crippen LogP contribution in [0.3, 0.4) is 0 Å². The van der Waals surface area contributed by atoms with E-state index in [0.29, 0.717) is 12.0 Å². The fourth-order valence-corrected chi connectivity index (χ4v) is 2.61. The number of rotatable bonds is 10. The largest absolute Gasteiger partial charge is 0.380 e. The molecule has 6 nitrogen and oxygen atoms in total. The van der Waals surface area contributed by atoms with Crippen LogP contribution in [-0.4, -0.2) is 87.9 Å². The standard InChI is InChI=1S/C18H39N5O/c1-6-19-18(20-8-14-24-13-7-16(2)3)21-15-17(4)23-11-9-22(5)10-12-23/h16-17H,6-15H2,1-5H3,(H2,19,20,21). The lowest BCUT2D eigenvalue weighted by Gasteiger charge is -2.35. The second-order valence-electron chi connectivity index (χ2n) is 7.13. The van der Waals surface area contributed by atoms with Gasteiger partial charge in [0, 0.05) is 51.9 Å². The van der Waals surface area contributed by atoms with Crippen LogP contribution in [0.25, 0.3) is 0 Å². The lowest BCUT2D eigenvalue weighted by molar-refractivity contribution is 0.122. The van der Waals surface area contributed by atoms with Gasteiger partial charge in [-0.2, -0.15) is 0 Å². The monoisotopic (exact) mass is 341 g/mol. The van der Waals surface area contributed by atoms with Crippen LogP contribution in [0.1, 0.15) is 34.1 Å². The topological polar surface area (TPSA) is 52.1 Å². The Morgan fingerprint density at radius 1 is 1.08 bits per heavy atom.